The maximum Gasteiger partial charge on any atom is 0.00700 e. The predicted octanol–water partition coefficient (Wildman–Crippen LogP) is 2.93. The Bertz CT molecular complexity index is 72.6. The highest BCUT2D eigenvalue weighted by atomic mass is 32.2. The van der Waals surface area contributed by atoms with Crippen molar-refractivity contribution in [2.24, 2.45) is 5.92 Å². The average molecular weight is 144 g/mol. The Morgan fingerprint density at radius 1 is 1.33 bits per heavy atom. The first-order chi connectivity index (χ1) is 4.30. The Balaban J connectivity index is 2.23. The van der Waals surface area contributed by atoms with Gasteiger partial charge in [-0.1, -0.05) is 20.3 Å². The van der Waals surface area contributed by atoms with E-state index in [1.165, 1.54) is 25.0 Å². The van der Waals surface area contributed by atoms with Crippen LogP contribution in [0.2, 0.25) is 0 Å². The molecule has 0 aliphatic carbocycles. The molecule has 1 fully saturated rings. The summed E-state index contributed by atoms with van der Waals surface area (Å²) in [6.45, 7) is 4.67. The Morgan fingerprint density at radius 3 is 2.44 bits per heavy atom. The number of hydrogen-bond acceptors (Lipinski definition) is 1. The van der Waals surface area contributed by atoms with Gasteiger partial charge in [0.05, 0.1) is 0 Å². The third kappa shape index (κ3) is 2.21. The van der Waals surface area contributed by atoms with Crippen LogP contribution in [0.15, 0.2) is 0 Å². The predicted molar refractivity (Wildman–Crippen MR) is 44.9 cm³/mol. The molecule has 0 aromatic rings. The molecular weight excluding hydrogens is 128 g/mol. The van der Waals surface area contributed by atoms with Crippen LogP contribution in [-0.2, 0) is 0 Å². The number of hydrogen-bond donors (Lipinski definition) is 0. The molecule has 0 spiro atoms. The van der Waals surface area contributed by atoms with Crippen molar-refractivity contribution in [2.75, 3.05) is 5.75 Å². The molecule has 0 amide bonds. The molecule has 1 atom stereocenters. The fraction of sp³-hybridized carbons (Fsp3) is 1.00. The van der Waals surface area contributed by atoms with Gasteiger partial charge in [-0.2, -0.15) is 11.8 Å². The van der Waals surface area contributed by atoms with Crippen molar-refractivity contribution in [3.63, 3.8) is 0 Å². The molecule has 54 valence electrons. The maximum atomic E-state index is 2.34. The van der Waals surface area contributed by atoms with Crippen LogP contribution < -0.4 is 0 Å². The highest BCUT2D eigenvalue weighted by molar-refractivity contribution is 7.99. The molecular formula is C8H16S. The lowest BCUT2D eigenvalue weighted by Gasteiger charge is -2.24. The quantitative estimate of drug-likeness (QED) is 0.545. The second-order valence-corrected chi connectivity index (χ2v) is 4.50. The summed E-state index contributed by atoms with van der Waals surface area (Å²) in [4.78, 5) is 0. The third-order valence-electron chi connectivity index (χ3n) is 1.96. The van der Waals surface area contributed by atoms with Gasteiger partial charge in [-0.25, -0.2) is 0 Å². The largest absolute Gasteiger partial charge is 0.158 e. The standard InChI is InChI=1S/C8H16S/c1-7(2)8-5-3-4-6-9-8/h7-8H,3-6H2,1-2H3. The molecule has 0 radical (unpaired) electrons. The van der Waals surface area contributed by atoms with Crippen molar-refractivity contribution in [1.29, 1.82) is 0 Å². The molecule has 0 N–H and O–H groups in total. The van der Waals surface area contributed by atoms with Crippen molar-refractivity contribution in [3.8, 4) is 0 Å². The lowest BCUT2D eigenvalue weighted by Crippen LogP contribution is -2.15. The van der Waals surface area contributed by atoms with E-state index in [1.807, 2.05) is 0 Å². The van der Waals surface area contributed by atoms with Crippen LogP contribution in [0.4, 0.5) is 0 Å². The molecule has 9 heavy (non-hydrogen) atoms. The van der Waals surface area contributed by atoms with E-state index in [0.29, 0.717) is 0 Å². The smallest absolute Gasteiger partial charge is 0.00700 e. The highest BCUT2D eigenvalue weighted by Gasteiger charge is 2.16. The topological polar surface area (TPSA) is 0 Å². The molecule has 1 heteroatoms. The minimum Gasteiger partial charge on any atom is -0.158 e. The summed E-state index contributed by atoms with van der Waals surface area (Å²) in [5, 5.41) is 0.971. The van der Waals surface area contributed by atoms with E-state index in [0.717, 1.165) is 11.2 Å². The van der Waals surface area contributed by atoms with Gasteiger partial charge < -0.3 is 0 Å². The van der Waals surface area contributed by atoms with Gasteiger partial charge in [0, 0.05) is 5.25 Å². The zero-order valence-electron chi connectivity index (χ0n) is 6.39. The molecule has 0 bridgehead atoms. The minimum atomic E-state index is 0.898. The van der Waals surface area contributed by atoms with Gasteiger partial charge in [-0.05, 0) is 24.5 Å². The summed E-state index contributed by atoms with van der Waals surface area (Å²) in [6, 6.07) is 0. The van der Waals surface area contributed by atoms with Gasteiger partial charge in [-0.3, -0.25) is 0 Å². The fourth-order valence-corrected chi connectivity index (χ4v) is 2.68. The Hall–Kier alpha value is 0.350. The molecule has 1 aliphatic heterocycles. The average Bonchev–Trinajstić information content (AvgIpc) is 1.90. The van der Waals surface area contributed by atoms with Crippen molar-refractivity contribution in [1.82, 2.24) is 0 Å². The van der Waals surface area contributed by atoms with E-state index in [2.05, 4.69) is 25.6 Å². The van der Waals surface area contributed by atoms with Crippen LogP contribution in [0, 0.1) is 5.92 Å². The van der Waals surface area contributed by atoms with Gasteiger partial charge in [0.25, 0.3) is 0 Å². The second-order valence-electron chi connectivity index (χ2n) is 3.15. The fourth-order valence-electron chi connectivity index (χ4n) is 1.29. The Labute approximate surface area is 62.4 Å². The highest BCUT2D eigenvalue weighted by Crippen LogP contribution is 2.29. The molecule has 1 unspecified atom stereocenters. The van der Waals surface area contributed by atoms with Crippen LogP contribution in [0.25, 0.3) is 0 Å². The van der Waals surface area contributed by atoms with Crippen LogP contribution in [0.1, 0.15) is 33.1 Å². The van der Waals surface area contributed by atoms with Crippen LogP contribution in [0.5, 0.6) is 0 Å². The first kappa shape index (κ1) is 7.46. The van der Waals surface area contributed by atoms with Gasteiger partial charge in [-0.15, -0.1) is 0 Å². The van der Waals surface area contributed by atoms with Crippen LogP contribution in [0.3, 0.4) is 0 Å². The van der Waals surface area contributed by atoms with E-state index in [4.69, 9.17) is 0 Å². The van der Waals surface area contributed by atoms with Crippen LogP contribution >= 0.6 is 11.8 Å². The Morgan fingerprint density at radius 2 is 2.11 bits per heavy atom. The van der Waals surface area contributed by atoms with Gasteiger partial charge in [0.15, 0.2) is 0 Å². The molecule has 1 rings (SSSR count). The normalized spacial score (nSPS) is 29.0. The van der Waals surface area contributed by atoms with E-state index in [1.54, 1.807) is 0 Å². The Kier molecular flexibility index (Phi) is 2.90. The first-order valence-electron chi connectivity index (χ1n) is 3.92. The maximum absolute atomic E-state index is 2.34. The van der Waals surface area contributed by atoms with Crippen molar-refractivity contribution >= 4 is 11.8 Å². The molecule has 1 saturated heterocycles. The second kappa shape index (κ2) is 3.50. The lowest BCUT2D eigenvalue weighted by molar-refractivity contribution is 0.538. The van der Waals surface area contributed by atoms with Crippen molar-refractivity contribution in [2.45, 2.75) is 38.4 Å². The lowest BCUT2D eigenvalue weighted by atomic mass is 10.0. The summed E-state index contributed by atoms with van der Waals surface area (Å²) in [5.74, 6) is 2.30. The summed E-state index contributed by atoms with van der Waals surface area (Å²) >= 11 is 2.17. The molecule has 1 aliphatic rings. The van der Waals surface area contributed by atoms with E-state index in [9.17, 15) is 0 Å². The first-order valence-corrected chi connectivity index (χ1v) is 4.97. The van der Waals surface area contributed by atoms with Gasteiger partial charge in [0.2, 0.25) is 0 Å². The monoisotopic (exact) mass is 144 g/mol. The summed E-state index contributed by atoms with van der Waals surface area (Å²) in [6.07, 6.45) is 4.38. The molecule has 0 saturated carbocycles. The molecule has 1 heterocycles. The number of thioether (sulfide) groups is 1. The SMILES string of the molecule is CC(C)C1CCCCS1. The molecule has 0 aromatic heterocycles. The minimum absolute atomic E-state index is 0.898. The van der Waals surface area contributed by atoms with E-state index in [-0.39, 0.29) is 0 Å². The summed E-state index contributed by atoms with van der Waals surface area (Å²) < 4.78 is 0. The van der Waals surface area contributed by atoms with Gasteiger partial charge in [0.1, 0.15) is 0 Å². The van der Waals surface area contributed by atoms with Crippen LogP contribution in [-0.4, -0.2) is 11.0 Å². The third-order valence-corrected chi connectivity index (χ3v) is 3.69. The van der Waals surface area contributed by atoms with E-state index < -0.39 is 0 Å². The number of rotatable bonds is 1. The zero-order valence-corrected chi connectivity index (χ0v) is 7.21. The summed E-state index contributed by atoms with van der Waals surface area (Å²) in [7, 11) is 0. The van der Waals surface area contributed by atoms with Crippen molar-refractivity contribution < 1.29 is 0 Å². The summed E-state index contributed by atoms with van der Waals surface area (Å²) in [5.41, 5.74) is 0. The molecule has 0 aromatic carbocycles. The van der Waals surface area contributed by atoms with Gasteiger partial charge >= 0.3 is 0 Å². The van der Waals surface area contributed by atoms with Crippen molar-refractivity contribution in [3.05, 3.63) is 0 Å². The zero-order chi connectivity index (χ0) is 6.69. The molecule has 0 nitrogen and oxygen atoms in total. The van der Waals surface area contributed by atoms with E-state index >= 15 is 0 Å².